The van der Waals surface area contributed by atoms with Gasteiger partial charge in [-0.25, -0.2) is 0 Å². The molecule has 35 heavy (non-hydrogen) atoms. The number of carbonyl (C=O) groups is 2. The lowest BCUT2D eigenvalue weighted by molar-refractivity contribution is -0.147. The van der Waals surface area contributed by atoms with E-state index in [1.54, 1.807) is 0 Å². The standard InChI is InChI=1S/C29H37NO5/c1-6-20(5)34-26(31)18-25-27(23-12-10-9-11-13-24(23)35-25)28(32)22-16-19(4)29(21(7-2)17-22)33-15-14-30-8-3/h10-13,16-17,20,30H,6-9,14-15,18H2,1-5H3/t20-/m1/s1. The zero-order valence-electron chi connectivity index (χ0n) is 21.5. The highest BCUT2D eigenvalue weighted by molar-refractivity contribution is 6.13. The maximum Gasteiger partial charge on any atom is 0.313 e. The maximum atomic E-state index is 13.9. The van der Waals surface area contributed by atoms with Gasteiger partial charge in [0, 0.05) is 17.7 Å². The first-order valence-electron chi connectivity index (χ1n) is 12.6. The van der Waals surface area contributed by atoms with Gasteiger partial charge in [0.1, 0.15) is 30.3 Å². The number of hydrogen-bond acceptors (Lipinski definition) is 6. The Labute approximate surface area is 208 Å². The van der Waals surface area contributed by atoms with Gasteiger partial charge in [-0.3, -0.25) is 9.59 Å². The Morgan fingerprint density at radius 3 is 2.63 bits per heavy atom. The number of fused-ring (bicyclic) bond motifs is 1. The van der Waals surface area contributed by atoms with Gasteiger partial charge in [0.05, 0.1) is 11.7 Å². The normalized spacial score (nSPS) is 13.3. The third kappa shape index (κ3) is 6.51. The van der Waals surface area contributed by atoms with Gasteiger partial charge in [-0.15, -0.1) is 0 Å². The van der Waals surface area contributed by atoms with Crippen molar-refractivity contribution in [3.8, 4) is 5.75 Å². The van der Waals surface area contributed by atoms with E-state index in [-0.39, 0.29) is 18.3 Å². The molecule has 3 rings (SSSR count). The third-order valence-electron chi connectivity index (χ3n) is 6.08. The number of rotatable bonds is 12. The van der Waals surface area contributed by atoms with E-state index in [0.717, 1.165) is 49.2 Å². The molecular formula is C29H37NO5. The molecule has 1 atom stereocenters. The second-order valence-electron chi connectivity index (χ2n) is 8.77. The minimum Gasteiger partial charge on any atom is -0.492 e. The Balaban J connectivity index is 1.98. The zero-order valence-corrected chi connectivity index (χ0v) is 21.5. The molecule has 0 aliphatic heterocycles. The Morgan fingerprint density at radius 2 is 1.91 bits per heavy atom. The number of furan rings is 1. The van der Waals surface area contributed by atoms with Crippen LogP contribution in [0.4, 0.5) is 0 Å². The number of ketones is 1. The van der Waals surface area contributed by atoms with E-state index in [1.165, 1.54) is 0 Å². The second kappa shape index (κ2) is 12.5. The van der Waals surface area contributed by atoms with Crippen molar-refractivity contribution in [3.05, 3.63) is 63.6 Å². The van der Waals surface area contributed by atoms with Crippen molar-refractivity contribution in [1.29, 1.82) is 0 Å². The number of hydrogen-bond donors (Lipinski definition) is 1. The van der Waals surface area contributed by atoms with Crippen LogP contribution in [-0.4, -0.2) is 37.6 Å². The highest BCUT2D eigenvalue weighted by atomic mass is 16.5. The van der Waals surface area contributed by atoms with E-state index < -0.39 is 5.97 Å². The molecule has 1 aromatic heterocycles. The Bertz CT molecular complexity index is 1110. The largest absolute Gasteiger partial charge is 0.492 e. The molecule has 0 bridgehead atoms. The number of esters is 1. The Hall–Kier alpha value is -3.12. The van der Waals surface area contributed by atoms with Crippen molar-refractivity contribution in [2.24, 2.45) is 0 Å². The van der Waals surface area contributed by atoms with Gasteiger partial charge in [0.2, 0.25) is 0 Å². The van der Waals surface area contributed by atoms with Gasteiger partial charge in [-0.2, -0.15) is 0 Å². The minimum atomic E-state index is -0.403. The lowest BCUT2D eigenvalue weighted by Gasteiger charge is -2.16. The van der Waals surface area contributed by atoms with Crippen LogP contribution in [0.1, 0.15) is 84.7 Å². The summed E-state index contributed by atoms with van der Waals surface area (Å²) < 4.78 is 17.5. The Kier molecular flexibility index (Phi) is 9.49. The van der Waals surface area contributed by atoms with Crippen molar-refractivity contribution in [1.82, 2.24) is 5.32 Å². The predicted octanol–water partition coefficient (Wildman–Crippen LogP) is 5.68. The van der Waals surface area contributed by atoms with Gasteiger partial charge < -0.3 is 19.2 Å². The first kappa shape index (κ1) is 26.5. The number of likely N-dealkylation sites (N-methyl/N-ethyl adjacent to an activating group) is 1. The van der Waals surface area contributed by atoms with Crippen LogP contribution >= 0.6 is 0 Å². The summed E-state index contributed by atoms with van der Waals surface area (Å²) in [6.07, 6.45) is 9.65. The highest BCUT2D eigenvalue weighted by Gasteiger charge is 2.28. The molecule has 0 saturated carbocycles. The first-order valence-corrected chi connectivity index (χ1v) is 12.6. The van der Waals surface area contributed by atoms with E-state index in [4.69, 9.17) is 13.9 Å². The molecule has 1 N–H and O–H groups in total. The van der Waals surface area contributed by atoms with Crippen LogP contribution in [0, 0.1) is 6.92 Å². The Morgan fingerprint density at radius 1 is 1.14 bits per heavy atom. The molecule has 0 fully saturated rings. The van der Waals surface area contributed by atoms with Gasteiger partial charge >= 0.3 is 5.97 Å². The molecule has 0 spiro atoms. The summed E-state index contributed by atoms with van der Waals surface area (Å²) in [5.41, 5.74) is 3.57. The molecule has 0 saturated heterocycles. The van der Waals surface area contributed by atoms with Crippen LogP contribution < -0.4 is 10.1 Å². The molecule has 1 heterocycles. The lowest BCUT2D eigenvalue weighted by atomic mass is 9.94. The maximum absolute atomic E-state index is 13.9. The van der Waals surface area contributed by atoms with E-state index in [2.05, 4.69) is 12.2 Å². The van der Waals surface area contributed by atoms with Crippen LogP contribution in [0.15, 0.2) is 28.7 Å². The van der Waals surface area contributed by atoms with Crippen molar-refractivity contribution >= 4 is 23.9 Å². The average molecular weight is 480 g/mol. The van der Waals surface area contributed by atoms with Gasteiger partial charge in [0.15, 0.2) is 5.78 Å². The van der Waals surface area contributed by atoms with Crippen molar-refractivity contribution < 1.29 is 23.5 Å². The molecule has 6 nitrogen and oxygen atoms in total. The van der Waals surface area contributed by atoms with Crippen molar-refractivity contribution in [2.45, 2.75) is 66.4 Å². The quantitative estimate of drug-likeness (QED) is 0.240. The number of nitrogens with one attached hydrogen (secondary N) is 1. The molecule has 188 valence electrons. The van der Waals surface area contributed by atoms with E-state index in [9.17, 15) is 9.59 Å². The van der Waals surface area contributed by atoms with E-state index >= 15 is 0 Å². The summed E-state index contributed by atoms with van der Waals surface area (Å²) in [6, 6.07) is 3.76. The van der Waals surface area contributed by atoms with Crippen molar-refractivity contribution in [2.75, 3.05) is 19.7 Å². The summed E-state index contributed by atoms with van der Waals surface area (Å²) in [4.78, 5) is 26.5. The van der Waals surface area contributed by atoms with Crippen molar-refractivity contribution in [3.63, 3.8) is 0 Å². The second-order valence-corrected chi connectivity index (χ2v) is 8.77. The highest BCUT2D eigenvalue weighted by Crippen LogP contribution is 2.33. The van der Waals surface area contributed by atoms with Gasteiger partial charge in [0.25, 0.3) is 0 Å². The molecule has 1 aliphatic carbocycles. The fraction of sp³-hybridized carbons (Fsp3) is 0.448. The van der Waals surface area contributed by atoms with Crippen LogP contribution in [0.25, 0.3) is 12.2 Å². The molecule has 0 unspecified atom stereocenters. The van der Waals surface area contributed by atoms with E-state index in [0.29, 0.717) is 34.8 Å². The molecular weight excluding hydrogens is 442 g/mol. The first-order chi connectivity index (χ1) is 16.9. The van der Waals surface area contributed by atoms with Crippen LogP contribution in [-0.2, 0) is 22.4 Å². The molecule has 2 aromatic rings. The molecule has 6 heteroatoms. The van der Waals surface area contributed by atoms with Crippen LogP contribution in [0.3, 0.4) is 0 Å². The number of ether oxygens (including phenoxy) is 2. The summed E-state index contributed by atoms with van der Waals surface area (Å²) in [7, 11) is 0. The SMILES string of the molecule is CCNCCOc1c(C)cc(C(=O)c2c(CC(=O)O[C@H](C)CC)oc3c2C=CCC=C3)cc1CC. The monoisotopic (exact) mass is 479 g/mol. The molecule has 0 radical (unpaired) electrons. The van der Waals surface area contributed by atoms with Gasteiger partial charge in [-0.1, -0.05) is 39.0 Å². The van der Waals surface area contributed by atoms with Gasteiger partial charge in [-0.05, 0) is 69.0 Å². The van der Waals surface area contributed by atoms with Crippen LogP contribution in [0.2, 0.25) is 0 Å². The number of allylic oxidation sites excluding steroid dienone is 2. The summed E-state index contributed by atoms with van der Waals surface area (Å²) in [6.45, 7) is 12.1. The predicted molar refractivity (Wildman–Crippen MR) is 139 cm³/mol. The van der Waals surface area contributed by atoms with Crippen LogP contribution in [0.5, 0.6) is 5.75 Å². The molecule has 1 aromatic carbocycles. The lowest BCUT2D eigenvalue weighted by Crippen LogP contribution is -2.21. The number of benzene rings is 1. The summed E-state index contributed by atoms with van der Waals surface area (Å²) in [5.74, 6) is 1.18. The number of aryl methyl sites for hydroxylation is 2. The average Bonchev–Trinajstić information content (AvgIpc) is 3.01. The molecule has 1 aliphatic rings. The third-order valence-corrected chi connectivity index (χ3v) is 6.08. The fourth-order valence-corrected chi connectivity index (χ4v) is 4.09. The summed E-state index contributed by atoms with van der Waals surface area (Å²) in [5, 5.41) is 3.26. The topological polar surface area (TPSA) is 77.8 Å². The number of carbonyl (C=O) groups excluding carboxylic acids is 2. The van der Waals surface area contributed by atoms with E-state index in [1.807, 2.05) is 64.1 Å². The zero-order chi connectivity index (χ0) is 25.4. The smallest absolute Gasteiger partial charge is 0.313 e. The minimum absolute atomic E-state index is 0.0919. The summed E-state index contributed by atoms with van der Waals surface area (Å²) >= 11 is 0. The fourth-order valence-electron chi connectivity index (χ4n) is 4.09. The molecule has 0 amide bonds.